The Kier molecular flexibility index (Phi) is 4.31. The zero-order chi connectivity index (χ0) is 13.8. The second kappa shape index (κ2) is 6.35. The summed E-state index contributed by atoms with van der Waals surface area (Å²) < 4.78 is 0. The molecule has 108 valence electrons. The van der Waals surface area contributed by atoms with E-state index in [2.05, 4.69) is 20.9 Å². The highest BCUT2D eigenvalue weighted by Crippen LogP contribution is 2.26. The molecule has 0 aromatic carbocycles. The first-order chi connectivity index (χ1) is 9.83. The molecule has 0 bridgehead atoms. The highest BCUT2D eigenvalue weighted by molar-refractivity contribution is 5.79. The van der Waals surface area contributed by atoms with Crippen LogP contribution in [-0.4, -0.2) is 46.9 Å². The first-order valence-electron chi connectivity index (χ1n) is 7.74. The van der Waals surface area contributed by atoms with Crippen LogP contribution in [0.25, 0.3) is 0 Å². The minimum absolute atomic E-state index is 0.317. The van der Waals surface area contributed by atoms with E-state index in [-0.39, 0.29) is 0 Å². The predicted molar refractivity (Wildman–Crippen MR) is 78.1 cm³/mol. The molecule has 4 nitrogen and oxygen atoms in total. The van der Waals surface area contributed by atoms with Gasteiger partial charge < -0.3 is 4.90 Å². The molecule has 1 aromatic heterocycles. The van der Waals surface area contributed by atoms with Crippen molar-refractivity contribution in [2.75, 3.05) is 26.2 Å². The molecule has 0 radical (unpaired) electrons. The van der Waals surface area contributed by atoms with Gasteiger partial charge >= 0.3 is 0 Å². The first-order valence-corrected chi connectivity index (χ1v) is 7.74. The van der Waals surface area contributed by atoms with Crippen LogP contribution in [0, 0.1) is 5.92 Å². The third kappa shape index (κ3) is 3.18. The fraction of sp³-hybridized carbons (Fsp3) is 0.625. The average Bonchev–Trinajstić information content (AvgIpc) is 3.03. The zero-order valence-electron chi connectivity index (χ0n) is 12.0. The summed E-state index contributed by atoms with van der Waals surface area (Å²) in [7, 11) is 0. The van der Waals surface area contributed by atoms with Crippen molar-refractivity contribution in [3.8, 4) is 0 Å². The minimum atomic E-state index is 0.317. The van der Waals surface area contributed by atoms with Crippen LogP contribution in [0.3, 0.4) is 0 Å². The van der Waals surface area contributed by atoms with Crippen molar-refractivity contribution in [2.45, 2.75) is 32.2 Å². The van der Waals surface area contributed by atoms with Crippen LogP contribution in [0.5, 0.6) is 0 Å². The number of hydrogen-bond donors (Lipinski definition) is 0. The monoisotopic (exact) mass is 273 g/mol. The van der Waals surface area contributed by atoms with Gasteiger partial charge in [0.15, 0.2) is 0 Å². The van der Waals surface area contributed by atoms with E-state index in [1.54, 1.807) is 0 Å². The van der Waals surface area contributed by atoms with Crippen LogP contribution in [0.15, 0.2) is 24.4 Å². The average molecular weight is 273 g/mol. The molecule has 1 saturated carbocycles. The second-order valence-corrected chi connectivity index (χ2v) is 5.90. The van der Waals surface area contributed by atoms with E-state index in [0.717, 1.165) is 51.3 Å². The number of piperazine rings is 1. The maximum atomic E-state index is 12.4. The molecule has 0 N–H and O–H groups in total. The molecule has 0 atom stereocenters. The Morgan fingerprint density at radius 1 is 1.15 bits per heavy atom. The third-order valence-electron chi connectivity index (χ3n) is 4.50. The summed E-state index contributed by atoms with van der Waals surface area (Å²) in [5.74, 6) is 0.720. The maximum Gasteiger partial charge on any atom is 0.225 e. The van der Waals surface area contributed by atoms with Gasteiger partial charge in [0.1, 0.15) is 0 Å². The molecule has 0 unspecified atom stereocenters. The van der Waals surface area contributed by atoms with Crippen molar-refractivity contribution in [3.05, 3.63) is 30.1 Å². The van der Waals surface area contributed by atoms with Crippen molar-refractivity contribution >= 4 is 5.91 Å². The first kappa shape index (κ1) is 13.6. The summed E-state index contributed by atoms with van der Waals surface area (Å²) in [5.41, 5.74) is 1.11. The predicted octanol–water partition coefficient (Wildman–Crippen LogP) is 1.92. The Balaban J connectivity index is 1.48. The van der Waals surface area contributed by atoms with E-state index >= 15 is 0 Å². The molecular weight excluding hydrogens is 250 g/mol. The fourth-order valence-electron chi connectivity index (χ4n) is 3.28. The maximum absolute atomic E-state index is 12.4. The van der Waals surface area contributed by atoms with E-state index in [9.17, 15) is 4.79 Å². The summed E-state index contributed by atoms with van der Waals surface area (Å²) in [6.07, 6.45) is 6.52. The topological polar surface area (TPSA) is 36.4 Å². The Morgan fingerprint density at radius 3 is 2.55 bits per heavy atom. The molecule has 2 aliphatic rings. The molecular formula is C16H23N3O. The van der Waals surface area contributed by atoms with E-state index < -0.39 is 0 Å². The molecule has 1 saturated heterocycles. The summed E-state index contributed by atoms with van der Waals surface area (Å²) in [5, 5.41) is 0. The van der Waals surface area contributed by atoms with Crippen LogP contribution >= 0.6 is 0 Å². The van der Waals surface area contributed by atoms with Crippen molar-refractivity contribution in [3.63, 3.8) is 0 Å². The van der Waals surface area contributed by atoms with Crippen molar-refractivity contribution < 1.29 is 4.79 Å². The smallest absolute Gasteiger partial charge is 0.225 e. The fourth-order valence-corrected chi connectivity index (χ4v) is 3.28. The molecule has 0 spiro atoms. The zero-order valence-corrected chi connectivity index (χ0v) is 12.0. The Hall–Kier alpha value is -1.42. The summed E-state index contributed by atoms with van der Waals surface area (Å²) in [6, 6.07) is 6.04. The molecule has 2 heterocycles. The van der Waals surface area contributed by atoms with Gasteiger partial charge in [-0.3, -0.25) is 14.7 Å². The summed E-state index contributed by atoms with van der Waals surface area (Å²) >= 11 is 0. The largest absolute Gasteiger partial charge is 0.340 e. The van der Waals surface area contributed by atoms with Gasteiger partial charge in [0.2, 0.25) is 5.91 Å². The van der Waals surface area contributed by atoms with Gasteiger partial charge in [-0.05, 0) is 25.0 Å². The van der Waals surface area contributed by atoms with Crippen LogP contribution in [0.1, 0.15) is 31.4 Å². The van der Waals surface area contributed by atoms with Gasteiger partial charge in [-0.2, -0.15) is 0 Å². The normalized spacial score (nSPS) is 21.3. The summed E-state index contributed by atoms with van der Waals surface area (Å²) in [6.45, 7) is 4.58. The van der Waals surface area contributed by atoms with Crippen LogP contribution in [-0.2, 0) is 11.3 Å². The third-order valence-corrected chi connectivity index (χ3v) is 4.50. The lowest BCUT2D eigenvalue weighted by molar-refractivity contribution is -0.137. The molecule has 1 aliphatic heterocycles. The number of carbonyl (C=O) groups is 1. The van der Waals surface area contributed by atoms with E-state index in [0.29, 0.717) is 11.8 Å². The standard InChI is InChI=1S/C16H23N3O/c20-16(14-5-1-2-6-14)19-11-9-18(10-12-19)13-15-7-3-4-8-17-15/h3-4,7-8,14H,1-2,5-6,9-13H2. The number of aromatic nitrogens is 1. The number of pyridine rings is 1. The number of nitrogens with zero attached hydrogens (tertiary/aromatic N) is 3. The Morgan fingerprint density at radius 2 is 1.90 bits per heavy atom. The molecule has 1 aromatic rings. The summed E-state index contributed by atoms with van der Waals surface area (Å²) in [4.78, 5) is 21.2. The Bertz CT molecular complexity index is 434. The molecule has 3 rings (SSSR count). The van der Waals surface area contributed by atoms with Crippen molar-refractivity contribution in [1.29, 1.82) is 0 Å². The van der Waals surface area contributed by atoms with Crippen molar-refractivity contribution in [2.24, 2.45) is 5.92 Å². The second-order valence-electron chi connectivity index (χ2n) is 5.90. The number of amides is 1. The van der Waals surface area contributed by atoms with Crippen LogP contribution < -0.4 is 0 Å². The van der Waals surface area contributed by atoms with E-state index in [1.165, 1.54) is 12.8 Å². The highest BCUT2D eigenvalue weighted by Gasteiger charge is 2.29. The van der Waals surface area contributed by atoms with E-state index in [4.69, 9.17) is 0 Å². The van der Waals surface area contributed by atoms with Gasteiger partial charge in [-0.1, -0.05) is 18.9 Å². The quantitative estimate of drug-likeness (QED) is 0.844. The molecule has 4 heteroatoms. The molecule has 20 heavy (non-hydrogen) atoms. The number of hydrogen-bond acceptors (Lipinski definition) is 3. The van der Waals surface area contributed by atoms with Crippen LogP contribution in [0.2, 0.25) is 0 Å². The molecule has 1 amide bonds. The van der Waals surface area contributed by atoms with Crippen molar-refractivity contribution in [1.82, 2.24) is 14.8 Å². The van der Waals surface area contributed by atoms with Gasteiger partial charge in [-0.25, -0.2) is 0 Å². The Labute approximate surface area is 120 Å². The minimum Gasteiger partial charge on any atom is -0.340 e. The van der Waals surface area contributed by atoms with Gasteiger partial charge in [-0.15, -0.1) is 0 Å². The lowest BCUT2D eigenvalue weighted by atomic mass is 10.1. The number of rotatable bonds is 3. The van der Waals surface area contributed by atoms with E-state index in [1.807, 2.05) is 18.3 Å². The highest BCUT2D eigenvalue weighted by atomic mass is 16.2. The lowest BCUT2D eigenvalue weighted by Crippen LogP contribution is -2.49. The number of carbonyl (C=O) groups excluding carboxylic acids is 1. The lowest BCUT2D eigenvalue weighted by Gasteiger charge is -2.35. The SMILES string of the molecule is O=C(C1CCCC1)N1CCN(Cc2ccccn2)CC1. The van der Waals surface area contributed by atoms with Crippen LogP contribution in [0.4, 0.5) is 0 Å². The molecule has 2 fully saturated rings. The van der Waals surface area contributed by atoms with Gasteiger partial charge in [0, 0.05) is 44.8 Å². The molecule has 1 aliphatic carbocycles. The van der Waals surface area contributed by atoms with Gasteiger partial charge in [0.25, 0.3) is 0 Å². The van der Waals surface area contributed by atoms with Gasteiger partial charge in [0.05, 0.1) is 5.69 Å².